The van der Waals surface area contributed by atoms with Crippen LogP contribution in [0.4, 0.5) is 0 Å². The zero-order chi connectivity index (χ0) is 15.3. The molecular weight excluding hydrogens is 264 g/mol. The SMILES string of the molecule is C=CC[C@@]1(Cc2ccccc2)C(=O)CCC=C1OC(C)=O. The van der Waals surface area contributed by atoms with Crippen molar-refractivity contribution in [3.8, 4) is 0 Å². The molecule has 0 heterocycles. The number of ether oxygens (including phenoxy) is 1. The van der Waals surface area contributed by atoms with Crippen molar-refractivity contribution in [2.45, 2.75) is 32.6 Å². The third-order valence-corrected chi connectivity index (χ3v) is 3.80. The number of allylic oxidation sites excluding steroid dienone is 3. The Balaban J connectivity index is 2.42. The molecule has 1 aliphatic carbocycles. The van der Waals surface area contributed by atoms with Crippen LogP contribution in [0.2, 0.25) is 0 Å². The fourth-order valence-electron chi connectivity index (χ4n) is 2.86. The van der Waals surface area contributed by atoms with Crippen molar-refractivity contribution in [1.29, 1.82) is 0 Å². The van der Waals surface area contributed by atoms with Gasteiger partial charge >= 0.3 is 5.97 Å². The van der Waals surface area contributed by atoms with Gasteiger partial charge in [-0.3, -0.25) is 9.59 Å². The highest BCUT2D eigenvalue weighted by molar-refractivity contribution is 5.90. The van der Waals surface area contributed by atoms with E-state index >= 15 is 0 Å². The third kappa shape index (κ3) is 3.30. The number of hydrogen-bond acceptors (Lipinski definition) is 3. The van der Waals surface area contributed by atoms with Crippen LogP contribution in [0.15, 0.2) is 54.8 Å². The summed E-state index contributed by atoms with van der Waals surface area (Å²) in [6, 6.07) is 9.80. The summed E-state index contributed by atoms with van der Waals surface area (Å²) < 4.78 is 5.36. The van der Waals surface area contributed by atoms with Crippen molar-refractivity contribution in [2.75, 3.05) is 0 Å². The zero-order valence-electron chi connectivity index (χ0n) is 12.3. The Morgan fingerprint density at radius 1 is 1.38 bits per heavy atom. The predicted molar refractivity (Wildman–Crippen MR) is 81.5 cm³/mol. The largest absolute Gasteiger partial charge is 0.430 e. The predicted octanol–water partition coefficient (Wildman–Crippen LogP) is 3.60. The van der Waals surface area contributed by atoms with E-state index in [0.717, 1.165) is 5.56 Å². The van der Waals surface area contributed by atoms with Crippen LogP contribution in [0.1, 0.15) is 31.7 Å². The number of carbonyl (C=O) groups is 2. The Hall–Kier alpha value is -2.16. The molecule has 110 valence electrons. The first kappa shape index (κ1) is 15.2. The summed E-state index contributed by atoms with van der Waals surface area (Å²) in [6.07, 6.45) is 5.69. The minimum atomic E-state index is -0.799. The molecule has 0 fully saturated rings. The lowest BCUT2D eigenvalue weighted by molar-refractivity contribution is -0.141. The van der Waals surface area contributed by atoms with E-state index in [2.05, 4.69) is 6.58 Å². The monoisotopic (exact) mass is 284 g/mol. The van der Waals surface area contributed by atoms with Crippen molar-refractivity contribution >= 4 is 11.8 Å². The standard InChI is InChI=1S/C18H20O3/c1-3-12-18(13-15-8-5-4-6-9-15)16(20)10-7-11-17(18)21-14(2)19/h3-6,8-9,11H,1,7,10,12-13H2,2H3/t18-/m1/s1. The first-order chi connectivity index (χ1) is 10.1. The fourth-order valence-corrected chi connectivity index (χ4v) is 2.86. The molecule has 0 amide bonds. The Kier molecular flexibility index (Phi) is 4.73. The molecule has 1 aromatic carbocycles. The molecule has 0 aromatic heterocycles. The molecule has 0 bridgehead atoms. The maximum absolute atomic E-state index is 12.6. The molecule has 21 heavy (non-hydrogen) atoms. The summed E-state index contributed by atoms with van der Waals surface area (Å²) in [5.41, 5.74) is 0.250. The van der Waals surface area contributed by atoms with Gasteiger partial charge in [-0.15, -0.1) is 6.58 Å². The minimum Gasteiger partial charge on any atom is -0.430 e. The lowest BCUT2D eigenvalue weighted by atomic mass is 9.69. The van der Waals surface area contributed by atoms with Crippen molar-refractivity contribution < 1.29 is 14.3 Å². The van der Waals surface area contributed by atoms with Gasteiger partial charge in [-0.1, -0.05) is 36.4 Å². The molecule has 0 N–H and O–H groups in total. The summed E-state index contributed by atoms with van der Waals surface area (Å²) in [7, 11) is 0. The molecule has 1 aliphatic rings. The molecule has 2 rings (SSSR count). The number of rotatable bonds is 5. The van der Waals surface area contributed by atoms with Gasteiger partial charge in [0, 0.05) is 13.3 Å². The van der Waals surface area contributed by atoms with Crippen LogP contribution in [0.25, 0.3) is 0 Å². The van der Waals surface area contributed by atoms with Crippen LogP contribution in [0.3, 0.4) is 0 Å². The highest BCUT2D eigenvalue weighted by Gasteiger charge is 2.44. The Morgan fingerprint density at radius 3 is 2.71 bits per heavy atom. The van der Waals surface area contributed by atoms with E-state index in [-0.39, 0.29) is 5.78 Å². The molecule has 3 nitrogen and oxygen atoms in total. The van der Waals surface area contributed by atoms with E-state index in [0.29, 0.717) is 31.4 Å². The molecule has 0 unspecified atom stereocenters. The van der Waals surface area contributed by atoms with Crippen LogP contribution >= 0.6 is 0 Å². The summed E-state index contributed by atoms with van der Waals surface area (Å²) in [5, 5.41) is 0. The molecule has 0 aliphatic heterocycles. The number of hydrogen-bond donors (Lipinski definition) is 0. The van der Waals surface area contributed by atoms with Gasteiger partial charge in [0.25, 0.3) is 0 Å². The van der Waals surface area contributed by atoms with Gasteiger partial charge in [0.15, 0.2) is 0 Å². The fraction of sp³-hybridized carbons (Fsp3) is 0.333. The first-order valence-corrected chi connectivity index (χ1v) is 7.15. The van der Waals surface area contributed by atoms with E-state index < -0.39 is 11.4 Å². The van der Waals surface area contributed by atoms with Gasteiger partial charge in [-0.05, 0) is 30.9 Å². The quantitative estimate of drug-likeness (QED) is 0.613. The molecule has 0 saturated heterocycles. The maximum Gasteiger partial charge on any atom is 0.307 e. The van der Waals surface area contributed by atoms with E-state index in [9.17, 15) is 9.59 Å². The Bertz CT molecular complexity index is 571. The molecule has 0 saturated carbocycles. The summed E-state index contributed by atoms with van der Waals surface area (Å²) >= 11 is 0. The van der Waals surface area contributed by atoms with Crippen LogP contribution in [-0.4, -0.2) is 11.8 Å². The molecule has 0 radical (unpaired) electrons. The maximum atomic E-state index is 12.6. The van der Waals surface area contributed by atoms with Crippen molar-refractivity contribution in [1.82, 2.24) is 0 Å². The second-order valence-electron chi connectivity index (χ2n) is 5.36. The van der Waals surface area contributed by atoms with Crippen LogP contribution in [0.5, 0.6) is 0 Å². The second kappa shape index (κ2) is 6.53. The van der Waals surface area contributed by atoms with Crippen LogP contribution in [-0.2, 0) is 20.7 Å². The lowest BCUT2D eigenvalue weighted by Crippen LogP contribution is -2.39. The van der Waals surface area contributed by atoms with E-state index in [1.165, 1.54) is 6.92 Å². The topological polar surface area (TPSA) is 43.4 Å². The average molecular weight is 284 g/mol. The second-order valence-corrected chi connectivity index (χ2v) is 5.36. The summed E-state index contributed by atoms with van der Waals surface area (Å²) in [6.45, 7) is 5.13. The molecule has 1 aromatic rings. The van der Waals surface area contributed by atoms with Gasteiger partial charge in [0.2, 0.25) is 0 Å². The van der Waals surface area contributed by atoms with E-state index in [1.54, 1.807) is 6.08 Å². The summed E-state index contributed by atoms with van der Waals surface area (Å²) in [4.78, 5) is 24.0. The zero-order valence-corrected chi connectivity index (χ0v) is 12.3. The molecule has 3 heteroatoms. The van der Waals surface area contributed by atoms with Crippen LogP contribution in [0, 0.1) is 5.41 Å². The van der Waals surface area contributed by atoms with Gasteiger partial charge in [-0.25, -0.2) is 0 Å². The Morgan fingerprint density at radius 2 is 2.10 bits per heavy atom. The number of benzene rings is 1. The van der Waals surface area contributed by atoms with E-state index in [4.69, 9.17) is 4.74 Å². The van der Waals surface area contributed by atoms with Crippen molar-refractivity contribution in [2.24, 2.45) is 5.41 Å². The van der Waals surface area contributed by atoms with Crippen LogP contribution < -0.4 is 0 Å². The van der Waals surface area contributed by atoms with Gasteiger partial charge < -0.3 is 4.74 Å². The Labute approximate surface area is 125 Å². The lowest BCUT2D eigenvalue weighted by Gasteiger charge is -2.35. The van der Waals surface area contributed by atoms with Gasteiger partial charge in [-0.2, -0.15) is 0 Å². The minimum absolute atomic E-state index is 0.116. The number of esters is 1. The molecular formula is C18H20O3. The molecule has 0 spiro atoms. The average Bonchev–Trinajstić information content (AvgIpc) is 2.45. The highest BCUT2D eigenvalue weighted by atomic mass is 16.5. The normalized spacial score (nSPS) is 21.6. The number of carbonyl (C=O) groups excluding carboxylic acids is 2. The number of Topliss-reactive ketones (excluding diaryl/α,β-unsaturated/α-hetero) is 1. The highest BCUT2D eigenvalue weighted by Crippen LogP contribution is 2.42. The van der Waals surface area contributed by atoms with Crippen molar-refractivity contribution in [3.63, 3.8) is 0 Å². The summed E-state index contributed by atoms with van der Waals surface area (Å²) in [5.74, 6) is 0.206. The molecule has 1 atom stereocenters. The number of ketones is 1. The third-order valence-electron chi connectivity index (χ3n) is 3.80. The van der Waals surface area contributed by atoms with Crippen molar-refractivity contribution in [3.05, 3.63) is 60.4 Å². The first-order valence-electron chi connectivity index (χ1n) is 7.15. The van der Waals surface area contributed by atoms with Gasteiger partial charge in [0.05, 0.1) is 5.41 Å². The smallest absolute Gasteiger partial charge is 0.307 e. The van der Waals surface area contributed by atoms with Gasteiger partial charge in [0.1, 0.15) is 11.5 Å². The van der Waals surface area contributed by atoms with E-state index in [1.807, 2.05) is 36.4 Å².